The molecule has 1 aromatic carbocycles. The normalized spacial score (nSPS) is 11.6. The van der Waals surface area contributed by atoms with Crippen molar-refractivity contribution in [3.8, 4) is 0 Å². The number of aromatic nitrogens is 2. The van der Waals surface area contributed by atoms with Gasteiger partial charge in [-0.3, -0.25) is 0 Å². The maximum absolute atomic E-state index is 12.6. The molecule has 1 N–H and O–H groups in total. The average molecular weight is 401 g/mol. The Balaban J connectivity index is 2.40. The lowest BCUT2D eigenvalue weighted by Crippen LogP contribution is -2.12. The van der Waals surface area contributed by atoms with Gasteiger partial charge in [0.05, 0.1) is 5.69 Å². The summed E-state index contributed by atoms with van der Waals surface area (Å²) >= 11 is 14.9. The van der Waals surface area contributed by atoms with Gasteiger partial charge in [0.25, 0.3) is 0 Å². The third kappa shape index (κ3) is 3.99. The second kappa shape index (κ2) is 5.98. The molecule has 0 aliphatic carbocycles. The first kappa shape index (κ1) is 16.3. The van der Waals surface area contributed by atoms with Crippen LogP contribution in [0.1, 0.15) is 11.4 Å². The van der Waals surface area contributed by atoms with Crippen LogP contribution in [0.3, 0.4) is 0 Å². The fraction of sp³-hybridized carbons (Fsp3) is 0.167. The zero-order chi connectivity index (χ0) is 15.8. The van der Waals surface area contributed by atoms with Gasteiger partial charge >= 0.3 is 6.18 Å². The fourth-order valence-corrected chi connectivity index (χ4v) is 2.39. The van der Waals surface area contributed by atoms with Gasteiger partial charge in [-0.15, -0.1) is 0 Å². The molecule has 0 aliphatic heterocycles. The number of anilines is 2. The molecule has 21 heavy (non-hydrogen) atoms. The third-order valence-electron chi connectivity index (χ3n) is 2.46. The number of nitrogens with one attached hydrogen (secondary N) is 1. The predicted octanol–water partition coefficient (Wildman–Crippen LogP) is 5.62. The Morgan fingerprint density at radius 2 is 1.81 bits per heavy atom. The van der Waals surface area contributed by atoms with E-state index in [0.717, 1.165) is 5.56 Å². The van der Waals surface area contributed by atoms with Gasteiger partial charge in [0.15, 0.2) is 0 Å². The first-order chi connectivity index (χ1) is 9.66. The fourth-order valence-electron chi connectivity index (χ4n) is 1.49. The van der Waals surface area contributed by atoms with Crippen molar-refractivity contribution in [3.63, 3.8) is 0 Å². The summed E-state index contributed by atoms with van der Waals surface area (Å²) in [6, 6.07) is 4.50. The molecule has 112 valence electrons. The van der Waals surface area contributed by atoms with Crippen molar-refractivity contribution in [2.45, 2.75) is 13.1 Å². The zero-order valence-corrected chi connectivity index (χ0v) is 13.5. The number of hydrogen-bond donors (Lipinski definition) is 1. The number of aryl methyl sites for hydroxylation is 1. The minimum absolute atomic E-state index is 0.0806. The summed E-state index contributed by atoms with van der Waals surface area (Å²) in [4.78, 5) is 6.55. The van der Waals surface area contributed by atoms with Gasteiger partial charge in [-0.1, -0.05) is 23.2 Å². The summed E-state index contributed by atoms with van der Waals surface area (Å²) in [5, 5.41) is 2.89. The highest BCUT2D eigenvalue weighted by Gasteiger charge is 2.35. The van der Waals surface area contributed by atoms with E-state index in [0.29, 0.717) is 15.2 Å². The van der Waals surface area contributed by atoms with Gasteiger partial charge < -0.3 is 5.32 Å². The van der Waals surface area contributed by atoms with Gasteiger partial charge in [-0.2, -0.15) is 13.2 Å². The molecule has 0 atom stereocenters. The van der Waals surface area contributed by atoms with E-state index in [1.165, 1.54) is 6.07 Å². The molecular formula is C12H7BrCl2F3N3. The third-order valence-corrected chi connectivity index (χ3v) is 3.72. The molecule has 0 radical (unpaired) electrons. The van der Waals surface area contributed by atoms with E-state index in [1.807, 2.05) is 0 Å². The molecule has 0 fully saturated rings. The summed E-state index contributed by atoms with van der Waals surface area (Å²) in [6.45, 7) is 1.81. The number of nitrogens with zero attached hydrogens (tertiary/aromatic N) is 2. The largest absolute Gasteiger partial charge is 0.451 e. The van der Waals surface area contributed by atoms with Crippen molar-refractivity contribution >= 4 is 50.6 Å². The van der Waals surface area contributed by atoms with E-state index in [4.69, 9.17) is 23.2 Å². The van der Waals surface area contributed by atoms with E-state index in [1.54, 1.807) is 19.1 Å². The van der Waals surface area contributed by atoms with E-state index in [2.05, 4.69) is 31.2 Å². The Hall–Kier alpha value is -1.05. The molecule has 2 rings (SSSR count). The van der Waals surface area contributed by atoms with Crippen LogP contribution in [-0.4, -0.2) is 9.97 Å². The van der Waals surface area contributed by atoms with Crippen molar-refractivity contribution in [1.29, 1.82) is 0 Å². The molecule has 1 heterocycles. The highest BCUT2D eigenvalue weighted by molar-refractivity contribution is 9.10. The molecule has 1 aromatic heterocycles. The van der Waals surface area contributed by atoms with E-state index >= 15 is 0 Å². The molecular weight excluding hydrogens is 394 g/mol. The zero-order valence-electron chi connectivity index (χ0n) is 10.4. The SMILES string of the molecule is Cc1cc(Br)c(Nc2cc(Cl)nc(C(F)(F)F)n2)cc1Cl. The summed E-state index contributed by atoms with van der Waals surface area (Å²) < 4.78 is 38.6. The van der Waals surface area contributed by atoms with Crippen LogP contribution in [0.5, 0.6) is 0 Å². The van der Waals surface area contributed by atoms with E-state index in [9.17, 15) is 13.2 Å². The highest BCUT2D eigenvalue weighted by atomic mass is 79.9. The van der Waals surface area contributed by atoms with Gasteiger partial charge in [0.2, 0.25) is 5.82 Å². The van der Waals surface area contributed by atoms with Gasteiger partial charge in [0.1, 0.15) is 11.0 Å². The van der Waals surface area contributed by atoms with Gasteiger partial charge in [0, 0.05) is 15.6 Å². The van der Waals surface area contributed by atoms with Crippen molar-refractivity contribution < 1.29 is 13.2 Å². The molecule has 0 aliphatic rings. The quantitative estimate of drug-likeness (QED) is 0.665. The molecule has 9 heteroatoms. The Bertz CT molecular complexity index is 692. The number of rotatable bonds is 2. The lowest BCUT2D eigenvalue weighted by atomic mass is 10.2. The predicted molar refractivity (Wildman–Crippen MR) is 79.2 cm³/mol. The van der Waals surface area contributed by atoms with E-state index < -0.39 is 12.0 Å². The highest BCUT2D eigenvalue weighted by Crippen LogP contribution is 2.33. The molecule has 0 saturated heterocycles. The lowest BCUT2D eigenvalue weighted by molar-refractivity contribution is -0.144. The monoisotopic (exact) mass is 399 g/mol. The smallest absolute Gasteiger partial charge is 0.339 e. The Kier molecular flexibility index (Phi) is 4.65. The van der Waals surface area contributed by atoms with Crippen LogP contribution in [-0.2, 0) is 6.18 Å². The van der Waals surface area contributed by atoms with Gasteiger partial charge in [-0.25, -0.2) is 9.97 Å². The second-order valence-corrected chi connectivity index (χ2v) is 5.75. The van der Waals surface area contributed by atoms with Crippen LogP contribution in [0.15, 0.2) is 22.7 Å². The van der Waals surface area contributed by atoms with Crippen LogP contribution < -0.4 is 5.32 Å². The van der Waals surface area contributed by atoms with Gasteiger partial charge in [-0.05, 0) is 40.5 Å². The van der Waals surface area contributed by atoms with Crippen molar-refractivity contribution in [2.24, 2.45) is 0 Å². The lowest BCUT2D eigenvalue weighted by Gasteiger charge is -2.12. The number of alkyl halides is 3. The van der Waals surface area contributed by atoms with Crippen molar-refractivity contribution in [2.75, 3.05) is 5.32 Å². The number of halogens is 6. The summed E-state index contributed by atoms with van der Waals surface area (Å²) in [6.07, 6.45) is -4.68. The van der Waals surface area contributed by atoms with Crippen molar-refractivity contribution in [1.82, 2.24) is 9.97 Å². The molecule has 2 aromatic rings. The number of hydrogen-bond acceptors (Lipinski definition) is 3. The summed E-state index contributed by atoms with van der Waals surface area (Å²) in [7, 11) is 0. The number of benzene rings is 1. The molecule has 0 amide bonds. The first-order valence-corrected chi connectivity index (χ1v) is 7.06. The first-order valence-electron chi connectivity index (χ1n) is 5.51. The summed E-state index contributed by atoms with van der Waals surface area (Å²) in [5.41, 5.74) is 1.29. The van der Waals surface area contributed by atoms with Crippen LogP contribution in [0.2, 0.25) is 10.2 Å². The minimum atomic E-state index is -4.68. The van der Waals surface area contributed by atoms with Crippen molar-refractivity contribution in [3.05, 3.63) is 44.2 Å². The second-order valence-electron chi connectivity index (χ2n) is 4.10. The topological polar surface area (TPSA) is 37.8 Å². The van der Waals surface area contributed by atoms with Crippen LogP contribution in [0.4, 0.5) is 24.7 Å². The molecule has 0 saturated carbocycles. The standard InChI is InChI=1S/C12H7BrCl2F3N3/c1-5-2-6(13)8(3-7(5)14)19-10-4-9(15)20-11(21-10)12(16,17)18/h2-4H,1H3,(H,19,20,21). The van der Waals surface area contributed by atoms with Crippen LogP contribution >= 0.6 is 39.1 Å². The van der Waals surface area contributed by atoms with E-state index in [-0.39, 0.29) is 11.0 Å². The minimum Gasteiger partial charge on any atom is -0.339 e. The molecule has 0 spiro atoms. The van der Waals surface area contributed by atoms with Crippen LogP contribution in [0.25, 0.3) is 0 Å². The maximum Gasteiger partial charge on any atom is 0.451 e. The Labute approximate surface area is 136 Å². The molecule has 0 bridgehead atoms. The average Bonchev–Trinajstić information content (AvgIpc) is 2.34. The van der Waals surface area contributed by atoms with Crippen LogP contribution in [0, 0.1) is 6.92 Å². The summed E-state index contributed by atoms with van der Waals surface area (Å²) in [5.74, 6) is -1.39. The molecule has 3 nitrogen and oxygen atoms in total. The Morgan fingerprint density at radius 3 is 2.43 bits per heavy atom. The molecule has 0 unspecified atom stereocenters. The maximum atomic E-state index is 12.6. The Morgan fingerprint density at radius 1 is 1.14 bits per heavy atom.